The van der Waals surface area contributed by atoms with Gasteiger partial charge in [0.2, 0.25) is 0 Å². The second kappa shape index (κ2) is 6.17. The number of nitrogens with zero attached hydrogens (tertiary/aromatic N) is 3. The number of hydrogen-bond donors (Lipinski definition) is 1. The first-order valence-electron chi connectivity index (χ1n) is 6.63. The Labute approximate surface area is 104 Å². The molecule has 96 valence electrons. The van der Waals surface area contributed by atoms with Gasteiger partial charge in [0.05, 0.1) is 0 Å². The van der Waals surface area contributed by atoms with Crippen LogP contribution in [0.5, 0.6) is 0 Å². The van der Waals surface area contributed by atoms with E-state index >= 15 is 0 Å². The number of hydrogen-bond acceptors (Lipinski definition) is 3. The third-order valence-corrected chi connectivity index (χ3v) is 3.70. The van der Waals surface area contributed by atoms with Crippen molar-refractivity contribution < 1.29 is 0 Å². The van der Waals surface area contributed by atoms with Gasteiger partial charge in [-0.25, -0.2) is 0 Å². The highest BCUT2D eigenvalue weighted by molar-refractivity contribution is 5.00. The maximum absolute atomic E-state index is 4.21. The first-order chi connectivity index (χ1) is 8.29. The van der Waals surface area contributed by atoms with Gasteiger partial charge in [-0.05, 0) is 45.0 Å². The van der Waals surface area contributed by atoms with E-state index in [4.69, 9.17) is 0 Å². The zero-order valence-corrected chi connectivity index (χ0v) is 11.0. The quantitative estimate of drug-likeness (QED) is 0.824. The van der Waals surface area contributed by atoms with E-state index in [1.54, 1.807) is 0 Å². The van der Waals surface area contributed by atoms with Crippen LogP contribution in [0.4, 0.5) is 0 Å². The summed E-state index contributed by atoms with van der Waals surface area (Å²) in [6.07, 6.45) is 5.72. The zero-order valence-electron chi connectivity index (χ0n) is 11.0. The fraction of sp³-hybridized carbons (Fsp3) is 0.769. The summed E-state index contributed by atoms with van der Waals surface area (Å²) < 4.78 is 1.98. The Morgan fingerprint density at radius 2 is 2.41 bits per heavy atom. The molecule has 1 aromatic rings. The van der Waals surface area contributed by atoms with Crippen molar-refractivity contribution in [2.75, 3.05) is 33.2 Å². The summed E-state index contributed by atoms with van der Waals surface area (Å²) in [5.74, 6) is 0.834. The van der Waals surface area contributed by atoms with Gasteiger partial charge in [-0.15, -0.1) is 0 Å². The fourth-order valence-corrected chi connectivity index (χ4v) is 2.73. The number of likely N-dealkylation sites (tertiary alicyclic amines) is 1. The van der Waals surface area contributed by atoms with Crippen LogP contribution in [0.25, 0.3) is 0 Å². The lowest BCUT2D eigenvalue weighted by atomic mass is 9.98. The molecule has 1 aromatic heterocycles. The first-order valence-corrected chi connectivity index (χ1v) is 6.63. The van der Waals surface area contributed by atoms with Gasteiger partial charge in [0, 0.05) is 38.4 Å². The van der Waals surface area contributed by atoms with Crippen molar-refractivity contribution in [2.24, 2.45) is 13.0 Å². The molecular formula is C13H24N4. The second-order valence-corrected chi connectivity index (χ2v) is 5.06. The van der Waals surface area contributed by atoms with Crippen molar-refractivity contribution in [3.05, 3.63) is 18.0 Å². The molecule has 0 aliphatic carbocycles. The molecule has 1 unspecified atom stereocenters. The molecule has 0 aromatic carbocycles. The molecular weight excluding hydrogens is 212 g/mol. The van der Waals surface area contributed by atoms with E-state index in [0.29, 0.717) is 0 Å². The summed E-state index contributed by atoms with van der Waals surface area (Å²) in [6.45, 7) is 4.83. The van der Waals surface area contributed by atoms with Gasteiger partial charge in [-0.3, -0.25) is 4.68 Å². The average molecular weight is 236 g/mol. The lowest BCUT2D eigenvalue weighted by Crippen LogP contribution is -2.40. The molecule has 4 nitrogen and oxygen atoms in total. The smallest absolute Gasteiger partial charge is 0.0492 e. The molecule has 0 radical (unpaired) electrons. The third kappa shape index (κ3) is 3.54. The normalized spacial score (nSPS) is 21.9. The van der Waals surface area contributed by atoms with Crippen LogP contribution < -0.4 is 5.32 Å². The van der Waals surface area contributed by atoms with E-state index in [9.17, 15) is 0 Å². The van der Waals surface area contributed by atoms with Gasteiger partial charge in [0.1, 0.15) is 0 Å². The predicted molar refractivity (Wildman–Crippen MR) is 70.0 cm³/mol. The molecule has 1 atom stereocenters. The van der Waals surface area contributed by atoms with Crippen molar-refractivity contribution >= 4 is 0 Å². The molecule has 0 bridgehead atoms. The van der Waals surface area contributed by atoms with Gasteiger partial charge in [-0.2, -0.15) is 5.10 Å². The number of aromatic nitrogens is 2. The minimum Gasteiger partial charge on any atom is -0.319 e. The summed E-state index contributed by atoms with van der Waals surface area (Å²) in [4.78, 5) is 2.60. The summed E-state index contributed by atoms with van der Waals surface area (Å²) in [7, 11) is 4.07. The third-order valence-electron chi connectivity index (χ3n) is 3.70. The lowest BCUT2D eigenvalue weighted by Gasteiger charge is -2.32. The summed E-state index contributed by atoms with van der Waals surface area (Å²) >= 11 is 0. The topological polar surface area (TPSA) is 33.1 Å². The Kier molecular flexibility index (Phi) is 4.57. The van der Waals surface area contributed by atoms with Crippen LogP contribution in [0.1, 0.15) is 18.5 Å². The highest BCUT2D eigenvalue weighted by Crippen LogP contribution is 2.15. The summed E-state index contributed by atoms with van der Waals surface area (Å²) in [5.41, 5.74) is 1.33. The van der Waals surface area contributed by atoms with Crippen LogP contribution >= 0.6 is 0 Å². The van der Waals surface area contributed by atoms with Gasteiger partial charge in [0.25, 0.3) is 0 Å². The summed E-state index contributed by atoms with van der Waals surface area (Å²) in [6, 6.07) is 2.12. The molecule has 0 saturated carbocycles. The van der Waals surface area contributed by atoms with Crippen LogP contribution in [0, 0.1) is 5.92 Å². The minimum atomic E-state index is 0.834. The molecule has 4 heteroatoms. The van der Waals surface area contributed by atoms with Gasteiger partial charge >= 0.3 is 0 Å². The van der Waals surface area contributed by atoms with Gasteiger partial charge in [0.15, 0.2) is 0 Å². The lowest BCUT2D eigenvalue weighted by molar-refractivity contribution is 0.175. The molecule has 1 aliphatic heterocycles. The molecule has 2 rings (SSSR count). The van der Waals surface area contributed by atoms with Crippen LogP contribution in [0.3, 0.4) is 0 Å². The fourth-order valence-electron chi connectivity index (χ4n) is 2.73. The highest BCUT2D eigenvalue weighted by atomic mass is 15.3. The molecule has 2 heterocycles. The summed E-state index contributed by atoms with van der Waals surface area (Å²) in [5, 5.41) is 7.51. The van der Waals surface area contributed by atoms with Crippen molar-refractivity contribution in [3.63, 3.8) is 0 Å². The highest BCUT2D eigenvalue weighted by Gasteiger charge is 2.18. The van der Waals surface area contributed by atoms with Crippen molar-refractivity contribution in [3.8, 4) is 0 Å². The SMILES string of the molecule is CNCC1CCCN(CCc2ccnn2C)C1. The second-order valence-electron chi connectivity index (χ2n) is 5.06. The zero-order chi connectivity index (χ0) is 12.1. The van der Waals surface area contributed by atoms with E-state index in [2.05, 4.69) is 28.4 Å². The van der Waals surface area contributed by atoms with Gasteiger partial charge < -0.3 is 10.2 Å². The molecule has 1 N–H and O–H groups in total. The monoisotopic (exact) mass is 236 g/mol. The number of aryl methyl sites for hydroxylation is 1. The predicted octanol–water partition coefficient (Wildman–Crippen LogP) is 0.894. The molecule has 1 fully saturated rings. The van der Waals surface area contributed by atoms with Crippen molar-refractivity contribution in [1.82, 2.24) is 20.0 Å². The number of piperidine rings is 1. The Hall–Kier alpha value is -0.870. The Balaban J connectivity index is 1.77. The Morgan fingerprint density at radius 3 is 3.12 bits per heavy atom. The van der Waals surface area contributed by atoms with Crippen molar-refractivity contribution in [1.29, 1.82) is 0 Å². The van der Waals surface area contributed by atoms with E-state index in [0.717, 1.165) is 18.9 Å². The maximum atomic E-state index is 4.21. The minimum absolute atomic E-state index is 0.834. The molecule has 1 saturated heterocycles. The van der Waals surface area contributed by atoms with E-state index < -0.39 is 0 Å². The molecule has 0 spiro atoms. The van der Waals surface area contributed by atoms with Crippen LogP contribution in [0.2, 0.25) is 0 Å². The number of nitrogens with one attached hydrogen (secondary N) is 1. The van der Waals surface area contributed by atoms with E-state index in [-0.39, 0.29) is 0 Å². The number of rotatable bonds is 5. The molecule has 1 aliphatic rings. The average Bonchev–Trinajstić information content (AvgIpc) is 2.73. The van der Waals surface area contributed by atoms with Gasteiger partial charge in [-0.1, -0.05) is 0 Å². The van der Waals surface area contributed by atoms with E-state index in [1.165, 1.54) is 38.2 Å². The van der Waals surface area contributed by atoms with Crippen LogP contribution in [-0.4, -0.2) is 47.9 Å². The Bertz CT molecular complexity index is 332. The van der Waals surface area contributed by atoms with Crippen LogP contribution in [0.15, 0.2) is 12.3 Å². The van der Waals surface area contributed by atoms with Crippen LogP contribution in [-0.2, 0) is 13.5 Å². The Morgan fingerprint density at radius 1 is 1.53 bits per heavy atom. The molecule has 0 amide bonds. The first kappa shape index (κ1) is 12.6. The largest absolute Gasteiger partial charge is 0.319 e. The standard InChI is InChI=1S/C13H24N4/c1-14-10-12-4-3-8-17(11-12)9-6-13-5-7-15-16(13)2/h5,7,12,14H,3-4,6,8-11H2,1-2H3. The van der Waals surface area contributed by atoms with Crippen molar-refractivity contribution in [2.45, 2.75) is 19.3 Å². The van der Waals surface area contributed by atoms with E-state index in [1.807, 2.05) is 17.9 Å². The maximum Gasteiger partial charge on any atom is 0.0492 e. The molecule has 17 heavy (non-hydrogen) atoms.